The van der Waals surface area contributed by atoms with E-state index in [9.17, 15) is 4.79 Å². The summed E-state index contributed by atoms with van der Waals surface area (Å²) in [6.07, 6.45) is 0. The fourth-order valence-corrected chi connectivity index (χ4v) is 3.51. The van der Waals surface area contributed by atoms with Gasteiger partial charge in [-0.05, 0) is 52.3 Å². The molecule has 108 valence electrons. The van der Waals surface area contributed by atoms with Gasteiger partial charge in [-0.2, -0.15) is 5.26 Å². The van der Waals surface area contributed by atoms with Gasteiger partial charge in [0.25, 0.3) is 5.91 Å². The van der Waals surface area contributed by atoms with Crippen molar-refractivity contribution < 1.29 is 9.69 Å². The topological polar surface area (TPSA) is 57.3 Å². The number of quaternary nitrogens is 1. The SMILES string of the molecule is C[NH+](CC(=O)Nc1ccc(C#N)cc1)Cc1ccc(Br)s1. The van der Waals surface area contributed by atoms with E-state index in [-0.39, 0.29) is 5.91 Å². The second-order valence-electron chi connectivity index (χ2n) is 4.75. The number of rotatable bonds is 5. The Kier molecular flexibility index (Phi) is 5.51. The van der Waals surface area contributed by atoms with Gasteiger partial charge >= 0.3 is 0 Å². The molecule has 0 aliphatic rings. The van der Waals surface area contributed by atoms with Crippen molar-refractivity contribution >= 4 is 38.9 Å². The number of halogens is 1. The Hall–Kier alpha value is -1.68. The first-order valence-electron chi connectivity index (χ1n) is 6.42. The fourth-order valence-electron chi connectivity index (χ4n) is 1.91. The molecule has 1 aromatic carbocycles. The minimum atomic E-state index is -0.0344. The molecule has 0 saturated heterocycles. The van der Waals surface area contributed by atoms with Crippen LogP contribution in [-0.4, -0.2) is 19.5 Å². The summed E-state index contributed by atoms with van der Waals surface area (Å²) >= 11 is 5.12. The number of nitrogens with one attached hydrogen (secondary N) is 2. The number of likely N-dealkylation sites (N-methyl/N-ethyl adjacent to an activating group) is 1. The summed E-state index contributed by atoms with van der Waals surface area (Å²) in [6, 6.07) is 13.0. The number of anilines is 1. The lowest BCUT2D eigenvalue weighted by Gasteiger charge is -2.12. The van der Waals surface area contributed by atoms with Crippen LogP contribution in [0.5, 0.6) is 0 Å². The number of hydrogen-bond acceptors (Lipinski definition) is 3. The van der Waals surface area contributed by atoms with Crippen molar-refractivity contribution in [2.45, 2.75) is 6.54 Å². The van der Waals surface area contributed by atoms with Gasteiger partial charge in [-0.3, -0.25) is 4.79 Å². The van der Waals surface area contributed by atoms with Crippen LogP contribution in [0.15, 0.2) is 40.2 Å². The zero-order valence-electron chi connectivity index (χ0n) is 11.5. The summed E-state index contributed by atoms with van der Waals surface area (Å²) in [5.74, 6) is -0.0344. The third-order valence-corrected chi connectivity index (χ3v) is 4.49. The van der Waals surface area contributed by atoms with Crippen LogP contribution >= 0.6 is 27.3 Å². The van der Waals surface area contributed by atoms with Crippen molar-refractivity contribution in [2.24, 2.45) is 0 Å². The van der Waals surface area contributed by atoms with Crippen molar-refractivity contribution in [3.63, 3.8) is 0 Å². The first-order chi connectivity index (χ1) is 10.1. The first-order valence-corrected chi connectivity index (χ1v) is 8.03. The minimum absolute atomic E-state index is 0.0344. The van der Waals surface area contributed by atoms with Gasteiger partial charge < -0.3 is 10.2 Å². The third kappa shape index (κ3) is 4.97. The standard InChI is InChI=1S/C15H14BrN3OS/c1-19(9-13-6-7-14(16)21-13)10-15(20)18-12-4-2-11(8-17)3-5-12/h2-7H,9-10H2,1H3,(H,18,20)/p+1. The molecule has 4 nitrogen and oxygen atoms in total. The Morgan fingerprint density at radius 1 is 1.33 bits per heavy atom. The molecule has 1 unspecified atom stereocenters. The number of amides is 1. The maximum absolute atomic E-state index is 12.0. The Labute approximate surface area is 136 Å². The van der Waals surface area contributed by atoms with Crippen LogP contribution in [0.2, 0.25) is 0 Å². The van der Waals surface area contributed by atoms with Gasteiger partial charge in [0.1, 0.15) is 6.54 Å². The van der Waals surface area contributed by atoms with Crippen LogP contribution in [0.3, 0.4) is 0 Å². The van der Waals surface area contributed by atoms with Gasteiger partial charge in [-0.15, -0.1) is 11.3 Å². The molecule has 0 bridgehead atoms. The van der Waals surface area contributed by atoms with Gasteiger partial charge in [0.15, 0.2) is 6.54 Å². The Bertz CT molecular complexity index is 660. The summed E-state index contributed by atoms with van der Waals surface area (Å²) in [6.45, 7) is 1.21. The summed E-state index contributed by atoms with van der Waals surface area (Å²) < 4.78 is 1.10. The zero-order valence-corrected chi connectivity index (χ0v) is 13.9. The number of nitrogens with zero attached hydrogens (tertiary/aromatic N) is 1. The number of nitriles is 1. The summed E-state index contributed by atoms with van der Waals surface area (Å²) in [5.41, 5.74) is 1.30. The molecule has 2 rings (SSSR count). The molecule has 0 saturated carbocycles. The molecule has 21 heavy (non-hydrogen) atoms. The van der Waals surface area contributed by atoms with Crippen LogP contribution in [0.1, 0.15) is 10.4 Å². The first kappa shape index (κ1) is 15.7. The maximum atomic E-state index is 12.0. The van der Waals surface area contributed by atoms with Crippen molar-refractivity contribution in [3.05, 3.63) is 50.6 Å². The lowest BCUT2D eigenvalue weighted by molar-refractivity contribution is -0.884. The van der Waals surface area contributed by atoms with Crippen molar-refractivity contribution in [3.8, 4) is 6.07 Å². The van der Waals surface area contributed by atoms with Crippen LogP contribution in [-0.2, 0) is 11.3 Å². The molecule has 2 N–H and O–H groups in total. The van der Waals surface area contributed by atoms with Gasteiger partial charge in [0, 0.05) is 5.69 Å². The lowest BCUT2D eigenvalue weighted by Crippen LogP contribution is -3.08. The molecule has 1 aromatic heterocycles. The molecular formula is C15H15BrN3OS+. The van der Waals surface area contributed by atoms with E-state index < -0.39 is 0 Å². The predicted octanol–water partition coefficient (Wildman–Crippen LogP) is 2.04. The Morgan fingerprint density at radius 3 is 2.62 bits per heavy atom. The summed E-state index contributed by atoms with van der Waals surface area (Å²) in [7, 11) is 1.99. The van der Waals surface area contributed by atoms with Crippen LogP contribution in [0.4, 0.5) is 5.69 Å². The smallest absolute Gasteiger partial charge is 0.279 e. The highest BCUT2D eigenvalue weighted by atomic mass is 79.9. The van der Waals surface area contributed by atoms with E-state index in [0.717, 1.165) is 15.2 Å². The van der Waals surface area contributed by atoms with E-state index in [1.807, 2.05) is 19.2 Å². The van der Waals surface area contributed by atoms with Crippen LogP contribution < -0.4 is 10.2 Å². The Morgan fingerprint density at radius 2 is 2.05 bits per heavy atom. The largest absolute Gasteiger partial charge is 0.325 e. The van der Waals surface area contributed by atoms with Crippen molar-refractivity contribution in [1.29, 1.82) is 5.26 Å². The number of benzene rings is 1. The van der Waals surface area contributed by atoms with Crippen LogP contribution in [0.25, 0.3) is 0 Å². The van der Waals surface area contributed by atoms with Gasteiger partial charge in [0.05, 0.1) is 27.3 Å². The number of thiophene rings is 1. The fraction of sp³-hybridized carbons (Fsp3) is 0.200. The van der Waals surface area contributed by atoms with E-state index >= 15 is 0 Å². The predicted molar refractivity (Wildman–Crippen MR) is 87.3 cm³/mol. The van der Waals surface area contributed by atoms with Crippen molar-refractivity contribution in [1.82, 2.24) is 0 Å². The highest BCUT2D eigenvalue weighted by molar-refractivity contribution is 9.11. The number of carbonyl (C=O) groups is 1. The second kappa shape index (κ2) is 7.36. The third-order valence-electron chi connectivity index (χ3n) is 2.86. The summed E-state index contributed by atoms with van der Waals surface area (Å²) in [4.78, 5) is 14.3. The molecule has 1 amide bonds. The monoisotopic (exact) mass is 364 g/mol. The van der Waals surface area contributed by atoms with Crippen molar-refractivity contribution in [2.75, 3.05) is 18.9 Å². The number of carbonyl (C=O) groups excluding carboxylic acids is 1. The van der Waals surface area contributed by atoms with Gasteiger partial charge in [-0.25, -0.2) is 0 Å². The molecule has 0 aliphatic carbocycles. The molecule has 0 radical (unpaired) electrons. The van der Waals surface area contributed by atoms with Gasteiger partial charge in [0.2, 0.25) is 0 Å². The molecule has 1 atom stereocenters. The average molecular weight is 365 g/mol. The molecule has 1 heterocycles. The van der Waals surface area contributed by atoms with E-state index in [2.05, 4.69) is 27.3 Å². The molecule has 2 aromatic rings. The minimum Gasteiger partial charge on any atom is -0.325 e. The molecule has 0 aliphatic heterocycles. The molecule has 0 spiro atoms. The van der Waals surface area contributed by atoms with Gasteiger partial charge in [-0.1, -0.05) is 0 Å². The van der Waals surface area contributed by atoms with E-state index in [1.54, 1.807) is 35.6 Å². The number of hydrogen-bond donors (Lipinski definition) is 2. The average Bonchev–Trinajstić information content (AvgIpc) is 2.84. The normalized spacial score (nSPS) is 11.7. The highest BCUT2D eigenvalue weighted by Gasteiger charge is 2.12. The summed E-state index contributed by atoms with van der Waals surface area (Å²) in [5, 5.41) is 11.6. The van der Waals surface area contributed by atoms with E-state index in [1.165, 1.54) is 4.88 Å². The second-order valence-corrected chi connectivity index (χ2v) is 7.30. The maximum Gasteiger partial charge on any atom is 0.279 e. The molecule has 6 heteroatoms. The lowest BCUT2D eigenvalue weighted by atomic mass is 10.2. The van der Waals surface area contributed by atoms with Crippen LogP contribution in [0, 0.1) is 11.3 Å². The Balaban J connectivity index is 1.84. The highest BCUT2D eigenvalue weighted by Crippen LogP contribution is 2.21. The quantitative estimate of drug-likeness (QED) is 0.852. The van der Waals surface area contributed by atoms with E-state index in [4.69, 9.17) is 5.26 Å². The molecular weight excluding hydrogens is 350 g/mol. The van der Waals surface area contributed by atoms with E-state index in [0.29, 0.717) is 17.8 Å². The zero-order chi connectivity index (χ0) is 15.2. The molecule has 0 fully saturated rings.